The second-order valence-corrected chi connectivity index (χ2v) is 4.66. The van der Waals surface area contributed by atoms with Crippen molar-refractivity contribution in [2.75, 3.05) is 0 Å². The first kappa shape index (κ1) is 17.1. The van der Waals surface area contributed by atoms with Gasteiger partial charge in [-0.25, -0.2) is 0 Å². The van der Waals surface area contributed by atoms with Gasteiger partial charge in [0.05, 0.1) is 0 Å². The zero-order valence-electron chi connectivity index (χ0n) is 12.0. The van der Waals surface area contributed by atoms with Crippen LogP contribution in [0.4, 0.5) is 0 Å². The molecule has 0 aliphatic rings. The molecule has 21 heavy (non-hydrogen) atoms. The SMILES string of the molecule is Cl.Cn1cnnc1CCC(=O)NCc1ccc(CN)cc1. The van der Waals surface area contributed by atoms with Gasteiger partial charge in [-0.15, -0.1) is 22.6 Å². The number of carbonyl (C=O) groups excluding carboxylic acids is 1. The molecular formula is C14H20ClN5O. The molecule has 0 atom stereocenters. The van der Waals surface area contributed by atoms with Crippen LogP contribution in [-0.2, 0) is 31.4 Å². The van der Waals surface area contributed by atoms with Crippen LogP contribution in [-0.4, -0.2) is 20.7 Å². The van der Waals surface area contributed by atoms with Crippen molar-refractivity contribution in [1.29, 1.82) is 0 Å². The van der Waals surface area contributed by atoms with E-state index >= 15 is 0 Å². The Kier molecular flexibility index (Phi) is 6.84. The van der Waals surface area contributed by atoms with Gasteiger partial charge in [-0.2, -0.15) is 0 Å². The molecule has 1 amide bonds. The maximum Gasteiger partial charge on any atom is 0.220 e. The number of rotatable bonds is 6. The van der Waals surface area contributed by atoms with E-state index in [1.807, 2.05) is 35.9 Å². The molecule has 1 heterocycles. The van der Waals surface area contributed by atoms with Crippen LogP contribution in [0.15, 0.2) is 30.6 Å². The summed E-state index contributed by atoms with van der Waals surface area (Å²) in [4.78, 5) is 11.8. The van der Waals surface area contributed by atoms with Crippen molar-refractivity contribution in [3.8, 4) is 0 Å². The number of nitrogens with two attached hydrogens (primary N) is 1. The number of nitrogens with zero attached hydrogens (tertiary/aromatic N) is 3. The van der Waals surface area contributed by atoms with E-state index in [0.717, 1.165) is 17.0 Å². The highest BCUT2D eigenvalue weighted by molar-refractivity contribution is 5.85. The zero-order valence-corrected chi connectivity index (χ0v) is 12.8. The fourth-order valence-corrected chi connectivity index (χ4v) is 1.84. The lowest BCUT2D eigenvalue weighted by Gasteiger charge is -2.06. The summed E-state index contributed by atoms with van der Waals surface area (Å²) in [5.74, 6) is 0.823. The Morgan fingerprint density at radius 3 is 2.52 bits per heavy atom. The average Bonchev–Trinajstić information content (AvgIpc) is 2.89. The predicted molar refractivity (Wildman–Crippen MR) is 82.8 cm³/mol. The Morgan fingerprint density at radius 1 is 1.29 bits per heavy atom. The Hall–Kier alpha value is -1.92. The van der Waals surface area contributed by atoms with Crippen molar-refractivity contribution in [3.63, 3.8) is 0 Å². The first-order valence-corrected chi connectivity index (χ1v) is 6.56. The number of hydrogen-bond donors (Lipinski definition) is 2. The third-order valence-corrected chi connectivity index (χ3v) is 3.13. The number of carbonyl (C=O) groups is 1. The van der Waals surface area contributed by atoms with Gasteiger partial charge in [-0.05, 0) is 11.1 Å². The number of aryl methyl sites for hydroxylation is 2. The van der Waals surface area contributed by atoms with Gasteiger partial charge in [0.1, 0.15) is 12.2 Å². The standard InChI is InChI=1S/C14H19N5O.ClH/c1-19-10-17-18-13(19)6-7-14(20)16-9-12-4-2-11(8-15)3-5-12;/h2-5,10H,6-9,15H2,1H3,(H,16,20);1H. The molecule has 0 bridgehead atoms. The molecule has 1 aromatic heterocycles. The van der Waals surface area contributed by atoms with E-state index < -0.39 is 0 Å². The molecule has 3 N–H and O–H groups in total. The lowest BCUT2D eigenvalue weighted by atomic mass is 10.1. The fraction of sp³-hybridized carbons (Fsp3) is 0.357. The van der Waals surface area contributed by atoms with E-state index in [2.05, 4.69) is 15.5 Å². The maximum atomic E-state index is 11.8. The van der Waals surface area contributed by atoms with E-state index in [1.54, 1.807) is 6.33 Å². The number of hydrogen-bond acceptors (Lipinski definition) is 4. The average molecular weight is 310 g/mol. The van der Waals surface area contributed by atoms with Gasteiger partial charge < -0.3 is 15.6 Å². The summed E-state index contributed by atoms with van der Waals surface area (Å²) in [6, 6.07) is 7.90. The molecule has 114 valence electrons. The number of halogens is 1. The summed E-state index contributed by atoms with van der Waals surface area (Å²) in [6.07, 6.45) is 2.63. The van der Waals surface area contributed by atoms with Crippen LogP contribution in [0.5, 0.6) is 0 Å². The van der Waals surface area contributed by atoms with Crippen molar-refractivity contribution in [1.82, 2.24) is 20.1 Å². The van der Waals surface area contributed by atoms with Crippen LogP contribution in [0.1, 0.15) is 23.4 Å². The van der Waals surface area contributed by atoms with E-state index in [-0.39, 0.29) is 18.3 Å². The lowest BCUT2D eigenvalue weighted by molar-refractivity contribution is -0.121. The summed E-state index contributed by atoms with van der Waals surface area (Å²) < 4.78 is 1.82. The Bertz CT molecular complexity index is 567. The molecule has 6 nitrogen and oxygen atoms in total. The van der Waals surface area contributed by atoms with Crippen LogP contribution in [0.2, 0.25) is 0 Å². The zero-order chi connectivity index (χ0) is 14.4. The van der Waals surface area contributed by atoms with Crippen molar-refractivity contribution >= 4 is 18.3 Å². The predicted octanol–water partition coefficient (Wildman–Crippen LogP) is 0.945. The minimum Gasteiger partial charge on any atom is -0.352 e. The van der Waals surface area contributed by atoms with Crippen molar-refractivity contribution in [3.05, 3.63) is 47.5 Å². The highest BCUT2D eigenvalue weighted by atomic mass is 35.5. The highest BCUT2D eigenvalue weighted by Gasteiger charge is 2.06. The monoisotopic (exact) mass is 309 g/mol. The molecule has 7 heteroatoms. The lowest BCUT2D eigenvalue weighted by Crippen LogP contribution is -2.23. The first-order valence-electron chi connectivity index (χ1n) is 6.56. The number of amides is 1. The Morgan fingerprint density at radius 2 is 1.95 bits per heavy atom. The smallest absolute Gasteiger partial charge is 0.220 e. The van der Waals surface area contributed by atoms with E-state index in [9.17, 15) is 4.79 Å². The van der Waals surface area contributed by atoms with Crippen molar-refractivity contribution in [2.45, 2.75) is 25.9 Å². The summed E-state index contributed by atoms with van der Waals surface area (Å²) in [5, 5.41) is 10.6. The molecule has 0 saturated heterocycles. The van der Waals surface area contributed by atoms with Crippen LogP contribution in [0, 0.1) is 0 Å². The van der Waals surface area contributed by atoms with E-state index in [1.165, 1.54) is 0 Å². The molecule has 0 fully saturated rings. The van der Waals surface area contributed by atoms with Crippen LogP contribution in [0.25, 0.3) is 0 Å². The van der Waals surface area contributed by atoms with Crippen molar-refractivity contribution in [2.24, 2.45) is 12.8 Å². The highest BCUT2D eigenvalue weighted by Crippen LogP contribution is 2.04. The van der Waals surface area contributed by atoms with Gasteiger partial charge in [-0.3, -0.25) is 4.79 Å². The largest absolute Gasteiger partial charge is 0.352 e. The summed E-state index contributed by atoms with van der Waals surface area (Å²) in [6.45, 7) is 1.06. The van der Waals surface area contributed by atoms with Gasteiger partial charge in [0, 0.05) is 33.0 Å². The number of aromatic nitrogens is 3. The third-order valence-electron chi connectivity index (χ3n) is 3.13. The van der Waals surface area contributed by atoms with Gasteiger partial charge >= 0.3 is 0 Å². The molecule has 2 aromatic rings. The summed E-state index contributed by atoms with van der Waals surface area (Å²) in [5.41, 5.74) is 7.69. The van der Waals surface area contributed by atoms with Crippen molar-refractivity contribution < 1.29 is 4.79 Å². The summed E-state index contributed by atoms with van der Waals surface area (Å²) >= 11 is 0. The molecule has 0 aliphatic heterocycles. The van der Waals surface area contributed by atoms with E-state index in [0.29, 0.717) is 25.9 Å². The first-order chi connectivity index (χ1) is 9.69. The molecule has 0 radical (unpaired) electrons. The number of nitrogens with one attached hydrogen (secondary N) is 1. The number of benzene rings is 1. The minimum absolute atomic E-state index is 0. The van der Waals surface area contributed by atoms with E-state index in [4.69, 9.17) is 5.73 Å². The van der Waals surface area contributed by atoms with Gasteiger partial charge in [0.25, 0.3) is 0 Å². The van der Waals surface area contributed by atoms with Gasteiger partial charge in [0.15, 0.2) is 0 Å². The maximum absolute atomic E-state index is 11.8. The van der Waals surface area contributed by atoms with Gasteiger partial charge in [-0.1, -0.05) is 24.3 Å². The molecule has 1 aromatic carbocycles. The second-order valence-electron chi connectivity index (χ2n) is 4.66. The van der Waals surface area contributed by atoms with Crippen LogP contribution >= 0.6 is 12.4 Å². The molecule has 2 rings (SSSR count). The Balaban J connectivity index is 0.00000220. The Labute approximate surface area is 130 Å². The minimum atomic E-state index is 0. The third kappa shape index (κ3) is 5.17. The van der Waals surface area contributed by atoms with Crippen LogP contribution in [0.3, 0.4) is 0 Å². The van der Waals surface area contributed by atoms with Gasteiger partial charge in [0.2, 0.25) is 5.91 Å². The molecule has 0 spiro atoms. The molecular weight excluding hydrogens is 290 g/mol. The topological polar surface area (TPSA) is 85.8 Å². The normalized spacial score (nSPS) is 10.0. The molecule has 0 unspecified atom stereocenters. The second kappa shape index (κ2) is 8.39. The molecule has 0 aliphatic carbocycles. The fourth-order valence-electron chi connectivity index (χ4n) is 1.84. The van der Waals surface area contributed by atoms with Crippen LogP contribution < -0.4 is 11.1 Å². The quantitative estimate of drug-likeness (QED) is 0.831. The summed E-state index contributed by atoms with van der Waals surface area (Å²) in [7, 11) is 1.87. The molecule has 0 saturated carbocycles.